The van der Waals surface area contributed by atoms with Crippen LogP contribution in [-0.2, 0) is 4.79 Å². The van der Waals surface area contributed by atoms with Gasteiger partial charge in [-0.3, -0.25) is 4.79 Å². The number of carbonyl (C=O) groups is 1. The Bertz CT molecular complexity index is 372. The number of nitrogens with zero attached hydrogens (tertiary/aromatic N) is 3. The summed E-state index contributed by atoms with van der Waals surface area (Å²) in [5.41, 5.74) is 0. The molecule has 0 aliphatic carbocycles. The summed E-state index contributed by atoms with van der Waals surface area (Å²) in [6, 6.07) is 0. The van der Waals surface area contributed by atoms with Crippen molar-refractivity contribution in [2.24, 2.45) is 5.92 Å². The highest BCUT2D eigenvalue weighted by Crippen LogP contribution is 2.17. The van der Waals surface area contributed by atoms with Gasteiger partial charge in [0.05, 0.1) is 9.49 Å². The molecule has 0 aromatic carbocycles. The normalized spacial score (nSPS) is 12.0. The van der Waals surface area contributed by atoms with E-state index in [-0.39, 0.29) is 11.8 Å². The van der Waals surface area contributed by atoms with Crippen molar-refractivity contribution in [3.8, 4) is 0 Å². The van der Waals surface area contributed by atoms with Gasteiger partial charge in [-0.25, -0.2) is 9.97 Å². The van der Waals surface area contributed by atoms with E-state index < -0.39 is 0 Å². The lowest BCUT2D eigenvalue weighted by Gasteiger charge is -2.22. The molecule has 16 heavy (non-hydrogen) atoms. The van der Waals surface area contributed by atoms with Crippen LogP contribution in [0.4, 0.5) is 5.82 Å². The average Bonchev–Trinajstić information content (AvgIpc) is 2.28. The van der Waals surface area contributed by atoms with Gasteiger partial charge in [-0.05, 0) is 22.6 Å². The van der Waals surface area contributed by atoms with E-state index in [1.54, 1.807) is 13.2 Å². The van der Waals surface area contributed by atoms with E-state index in [4.69, 9.17) is 0 Å². The van der Waals surface area contributed by atoms with Gasteiger partial charge in [0, 0.05) is 26.8 Å². The quantitative estimate of drug-likeness (QED) is 0.832. The largest absolute Gasteiger partial charge is 0.359 e. The summed E-state index contributed by atoms with van der Waals surface area (Å²) in [5.74, 6) is 0.822. The Balaban J connectivity index is 2.69. The van der Waals surface area contributed by atoms with Crippen LogP contribution in [-0.4, -0.2) is 36.5 Å². The number of aromatic nitrogens is 2. The van der Waals surface area contributed by atoms with Gasteiger partial charge in [0.25, 0.3) is 0 Å². The molecule has 0 spiro atoms. The van der Waals surface area contributed by atoms with Crippen LogP contribution in [0.1, 0.15) is 6.92 Å². The summed E-state index contributed by atoms with van der Waals surface area (Å²) in [7, 11) is 3.57. The number of hydrogen-bond acceptors (Lipinski definition) is 4. The molecule has 0 aliphatic rings. The highest BCUT2D eigenvalue weighted by Gasteiger charge is 2.15. The minimum absolute atomic E-state index is 0.0379. The molecule has 0 fully saturated rings. The maximum absolute atomic E-state index is 11.4. The molecule has 1 unspecified atom stereocenters. The second-order valence-electron chi connectivity index (χ2n) is 3.59. The number of hydrogen-bond donors (Lipinski definition) is 1. The van der Waals surface area contributed by atoms with E-state index in [9.17, 15) is 4.79 Å². The molecule has 0 saturated carbocycles. The summed E-state index contributed by atoms with van der Waals surface area (Å²) < 4.78 is 0.978. The molecule has 0 radical (unpaired) electrons. The van der Waals surface area contributed by atoms with E-state index in [0.29, 0.717) is 6.54 Å². The number of carbonyl (C=O) groups excluding carboxylic acids is 1. The maximum atomic E-state index is 11.4. The number of amides is 1. The first-order valence-corrected chi connectivity index (χ1v) is 6.02. The van der Waals surface area contributed by atoms with E-state index >= 15 is 0 Å². The zero-order chi connectivity index (χ0) is 12.1. The van der Waals surface area contributed by atoms with Crippen LogP contribution < -0.4 is 10.2 Å². The van der Waals surface area contributed by atoms with Gasteiger partial charge in [0.2, 0.25) is 5.91 Å². The van der Waals surface area contributed by atoms with Gasteiger partial charge in [-0.2, -0.15) is 0 Å². The van der Waals surface area contributed by atoms with Crippen LogP contribution in [0.2, 0.25) is 0 Å². The Kier molecular flexibility index (Phi) is 4.91. The Labute approximate surface area is 109 Å². The van der Waals surface area contributed by atoms with Crippen LogP contribution in [0.25, 0.3) is 0 Å². The van der Waals surface area contributed by atoms with Crippen molar-refractivity contribution >= 4 is 34.3 Å². The van der Waals surface area contributed by atoms with Gasteiger partial charge in [0.15, 0.2) is 0 Å². The highest BCUT2D eigenvalue weighted by molar-refractivity contribution is 14.1. The van der Waals surface area contributed by atoms with Crippen LogP contribution in [0.15, 0.2) is 12.5 Å². The number of rotatable bonds is 4. The molecular formula is C10H15IN4O. The third-order valence-corrected chi connectivity index (χ3v) is 3.01. The van der Waals surface area contributed by atoms with Crippen LogP contribution >= 0.6 is 22.6 Å². The second kappa shape index (κ2) is 5.97. The predicted octanol–water partition coefficient (Wildman–Crippen LogP) is 0.900. The monoisotopic (exact) mass is 334 g/mol. The van der Waals surface area contributed by atoms with Gasteiger partial charge >= 0.3 is 0 Å². The SMILES string of the molecule is CNC(=O)C(C)CN(C)c1ncncc1I. The summed E-state index contributed by atoms with van der Waals surface area (Å²) >= 11 is 2.18. The molecule has 1 aromatic rings. The number of anilines is 1. The van der Waals surface area contributed by atoms with Crippen LogP contribution in [0.5, 0.6) is 0 Å². The first kappa shape index (κ1) is 13.1. The maximum Gasteiger partial charge on any atom is 0.224 e. The molecule has 1 heterocycles. The molecule has 0 aliphatic heterocycles. The first-order chi connectivity index (χ1) is 7.56. The molecule has 88 valence electrons. The van der Waals surface area contributed by atoms with Crippen molar-refractivity contribution in [3.63, 3.8) is 0 Å². The van der Waals surface area contributed by atoms with Gasteiger partial charge < -0.3 is 10.2 Å². The predicted molar refractivity (Wildman–Crippen MR) is 71.2 cm³/mol. The van der Waals surface area contributed by atoms with Crippen LogP contribution in [0.3, 0.4) is 0 Å². The van der Waals surface area contributed by atoms with Gasteiger partial charge in [-0.1, -0.05) is 6.92 Å². The summed E-state index contributed by atoms with van der Waals surface area (Å²) in [6.45, 7) is 2.52. The molecule has 6 heteroatoms. The van der Waals surface area contributed by atoms with Crippen LogP contribution in [0, 0.1) is 9.49 Å². The fourth-order valence-electron chi connectivity index (χ4n) is 1.41. The standard InChI is InChI=1S/C10H15IN4O/c1-7(10(16)12-2)5-15(3)9-8(11)4-13-6-14-9/h4,6-7H,5H2,1-3H3,(H,12,16). The van der Waals surface area contributed by atoms with E-state index in [1.807, 2.05) is 18.9 Å². The summed E-state index contributed by atoms with van der Waals surface area (Å²) in [4.78, 5) is 21.5. The van der Waals surface area contributed by atoms with E-state index in [2.05, 4.69) is 37.9 Å². The molecular weight excluding hydrogens is 319 g/mol. The van der Waals surface area contributed by atoms with Crippen molar-refractivity contribution in [2.75, 3.05) is 25.5 Å². The van der Waals surface area contributed by atoms with Crippen molar-refractivity contribution in [1.82, 2.24) is 15.3 Å². The molecule has 1 N–H and O–H groups in total. The fraction of sp³-hybridized carbons (Fsp3) is 0.500. The smallest absolute Gasteiger partial charge is 0.224 e. The molecule has 5 nitrogen and oxygen atoms in total. The topological polar surface area (TPSA) is 58.1 Å². The summed E-state index contributed by atoms with van der Waals surface area (Å²) in [5, 5.41) is 2.64. The Morgan fingerprint density at radius 3 is 2.94 bits per heavy atom. The molecule has 1 atom stereocenters. The minimum Gasteiger partial charge on any atom is -0.359 e. The lowest BCUT2D eigenvalue weighted by molar-refractivity contribution is -0.123. The van der Waals surface area contributed by atoms with Gasteiger partial charge in [-0.15, -0.1) is 0 Å². The second-order valence-corrected chi connectivity index (χ2v) is 4.75. The first-order valence-electron chi connectivity index (χ1n) is 4.94. The highest BCUT2D eigenvalue weighted by atomic mass is 127. The van der Waals surface area contributed by atoms with Crippen molar-refractivity contribution < 1.29 is 4.79 Å². The van der Waals surface area contributed by atoms with Gasteiger partial charge in [0.1, 0.15) is 12.1 Å². The Hall–Kier alpha value is -0.920. The minimum atomic E-state index is -0.0687. The molecule has 0 saturated heterocycles. The average molecular weight is 334 g/mol. The fourth-order valence-corrected chi connectivity index (χ4v) is 2.13. The van der Waals surface area contributed by atoms with Crippen molar-refractivity contribution in [2.45, 2.75) is 6.92 Å². The third-order valence-electron chi connectivity index (χ3n) is 2.25. The molecule has 1 rings (SSSR count). The lowest BCUT2D eigenvalue weighted by Crippen LogP contribution is -2.35. The lowest BCUT2D eigenvalue weighted by atomic mass is 10.1. The Morgan fingerprint density at radius 1 is 1.69 bits per heavy atom. The zero-order valence-corrected chi connectivity index (χ0v) is 11.7. The van der Waals surface area contributed by atoms with E-state index in [1.165, 1.54) is 6.33 Å². The summed E-state index contributed by atoms with van der Waals surface area (Å²) in [6.07, 6.45) is 3.27. The van der Waals surface area contributed by atoms with Crippen molar-refractivity contribution in [3.05, 3.63) is 16.1 Å². The number of halogens is 1. The van der Waals surface area contributed by atoms with Crippen molar-refractivity contribution in [1.29, 1.82) is 0 Å². The molecule has 1 amide bonds. The zero-order valence-electron chi connectivity index (χ0n) is 9.57. The number of nitrogens with one attached hydrogen (secondary N) is 1. The third kappa shape index (κ3) is 3.29. The Morgan fingerprint density at radius 2 is 2.38 bits per heavy atom. The molecule has 0 bridgehead atoms. The molecule has 1 aromatic heterocycles. The van der Waals surface area contributed by atoms with E-state index in [0.717, 1.165) is 9.39 Å².